The molecule has 148 valence electrons. The lowest BCUT2D eigenvalue weighted by Crippen LogP contribution is -2.51. The number of nitrogens with one attached hydrogen (secondary N) is 1. The van der Waals surface area contributed by atoms with Gasteiger partial charge in [0, 0.05) is 10.7 Å². The minimum Gasteiger partial charge on any atom is -0.462 e. The van der Waals surface area contributed by atoms with Crippen molar-refractivity contribution in [2.75, 3.05) is 5.32 Å². The monoisotopic (exact) mass is 446 g/mol. The molecule has 7 heteroatoms. The fourth-order valence-electron chi connectivity index (χ4n) is 3.38. The van der Waals surface area contributed by atoms with E-state index in [9.17, 15) is 9.59 Å². The second-order valence-corrected chi connectivity index (χ2v) is 8.07. The van der Waals surface area contributed by atoms with E-state index in [1.165, 1.54) is 0 Å². The number of benzene rings is 1. The second-order valence-electron chi connectivity index (χ2n) is 7.21. The van der Waals surface area contributed by atoms with Gasteiger partial charge in [-0.3, -0.25) is 14.6 Å². The van der Waals surface area contributed by atoms with Gasteiger partial charge >= 0.3 is 11.9 Å². The fourth-order valence-corrected chi connectivity index (χ4v) is 3.90. The fraction of sp³-hybridized carbons (Fsp3) is 0.381. The molecule has 2 aromatic rings. The number of hydrogen-bond acceptors (Lipinski definition) is 6. The van der Waals surface area contributed by atoms with Crippen molar-refractivity contribution in [2.45, 2.75) is 51.4 Å². The highest BCUT2D eigenvalue weighted by Gasteiger charge is 2.63. The maximum absolute atomic E-state index is 13.4. The van der Waals surface area contributed by atoms with Gasteiger partial charge in [0.15, 0.2) is 0 Å². The Bertz CT molecular complexity index is 875. The molecule has 1 aromatic carbocycles. The van der Waals surface area contributed by atoms with Crippen molar-refractivity contribution in [1.82, 2.24) is 4.98 Å². The van der Waals surface area contributed by atoms with Crippen molar-refractivity contribution >= 4 is 33.6 Å². The van der Waals surface area contributed by atoms with E-state index in [1.54, 1.807) is 46.0 Å². The van der Waals surface area contributed by atoms with Gasteiger partial charge in [-0.15, -0.1) is 0 Å². The molecule has 0 unspecified atom stereocenters. The lowest BCUT2D eigenvalue weighted by atomic mass is 9.76. The third-order valence-corrected chi connectivity index (χ3v) is 5.18. The first-order valence-corrected chi connectivity index (χ1v) is 9.96. The van der Waals surface area contributed by atoms with Crippen LogP contribution in [0.5, 0.6) is 0 Å². The summed E-state index contributed by atoms with van der Waals surface area (Å²) in [6.07, 6.45) is 0.760. The Labute approximate surface area is 172 Å². The predicted molar refractivity (Wildman–Crippen MR) is 109 cm³/mol. The van der Waals surface area contributed by atoms with Crippen LogP contribution in [0, 0.1) is 0 Å². The van der Waals surface area contributed by atoms with Crippen LogP contribution in [0.25, 0.3) is 0 Å². The van der Waals surface area contributed by atoms with Crippen molar-refractivity contribution in [3.05, 3.63) is 58.3 Å². The van der Waals surface area contributed by atoms with Crippen molar-refractivity contribution in [3.8, 4) is 0 Å². The quantitative estimate of drug-likeness (QED) is 0.548. The van der Waals surface area contributed by atoms with Crippen LogP contribution < -0.4 is 5.32 Å². The van der Waals surface area contributed by atoms with Crippen LogP contribution in [-0.4, -0.2) is 29.1 Å². The summed E-state index contributed by atoms with van der Waals surface area (Å²) in [6, 6.07) is 10.2. The minimum absolute atomic E-state index is 0.312. The summed E-state index contributed by atoms with van der Waals surface area (Å²) in [5, 5.41) is 3.30. The Kier molecular flexibility index (Phi) is 5.74. The van der Waals surface area contributed by atoms with Gasteiger partial charge in [-0.1, -0.05) is 34.1 Å². The molecule has 28 heavy (non-hydrogen) atoms. The molecule has 0 spiro atoms. The van der Waals surface area contributed by atoms with Gasteiger partial charge in [-0.2, -0.15) is 0 Å². The zero-order chi connectivity index (χ0) is 20.5. The zero-order valence-corrected chi connectivity index (χ0v) is 17.8. The molecule has 1 atom stereocenters. The molecule has 1 aromatic heterocycles. The molecule has 1 N–H and O–H groups in total. The Morgan fingerprint density at radius 3 is 2.21 bits per heavy atom. The largest absolute Gasteiger partial charge is 0.462 e. The number of ether oxygens (including phenoxy) is 2. The van der Waals surface area contributed by atoms with Gasteiger partial charge in [0.2, 0.25) is 5.41 Å². The normalized spacial score (nSPS) is 17.2. The molecule has 0 amide bonds. The summed E-state index contributed by atoms with van der Waals surface area (Å²) in [6.45, 7) is 6.98. The molecule has 0 radical (unpaired) electrons. The Hall–Kier alpha value is -2.41. The minimum atomic E-state index is -1.75. The third-order valence-electron chi connectivity index (χ3n) is 4.46. The summed E-state index contributed by atoms with van der Waals surface area (Å²) >= 11 is 3.54. The van der Waals surface area contributed by atoms with E-state index in [4.69, 9.17) is 9.47 Å². The summed E-state index contributed by atoms with van der Waals surface area (Å²) in [5.41, 5.74) is -0.103. The van der Waals surface area contributed by atoms with E-state index in [0.29, 0.717) is 11.4 Å². The Morgan fingerprint density at radius 2 is 1.64 bits per heavy atom. The maximum atomic E-state index is 13.4. The molecule has 0 saturated carbocycles. The Balaban J connectivity index is 2.27. The van der Waals surface area contributed by atoms with Crippen LogP contribution in [-0.2, 0) is 24.5 Å². The Morgan fingerprint density at radius 1 is 1.04 bits per heavy atom. The van der Waals surface area contributed by atoms with Gasteiger partial charge < -0.3 is 14.8 Å². The van der Waals surface area contributed by atoms with Crippen molar-refractivity contribution < 1.29 is 19.1 Å². The first-order valence-electron chi connectivity index (χ1n) is 9.17. The van der Waals surface area contributed by atoms with E-state index in [2.05, 4.69) is 26.2 Å². The SMILES string of the molecule is CC(C)OC(=O)C1(C(=O)OC(C)C)c2ncccc2N[C@@H]1c1ccccc1Br. The predicted octanol–water partition coefficient (Wildman–Crippen LogP) is 4.15. The smallest absolute Gasteiger partial charge is 0.332 e. The molecule has 6 nitrogen and oxygen atoms in total. The molecule has 0 bridgehead atoms. The maximum Gasteiger partial charge on any atom is 0.332 e. The first-order chi connectivity index (χ1) is 13.3. The molecule has 1 aliphatic heterocycles. The highest BCUT2D eigenvalue weighted by Crippen LogP contribution is 2.51. The van der Waals surface area contributed by atoms with Gasteiger partial charge in [0.1, 0.15) is 0 Å². The molecule has 2 heterocycles. The van der Waals surface area contributed by atoms with Crippen LogP contribution in [0.3, 0.4) is 0 Å². The lowest BCUT2D eigenvalue weighted by Gasteiger charge is -2.32. The number of fused-ring (bicyclic) bond motifs is 1. The second kappa shape index (κ2) is 7.91. The van der Waals surface area contributed by atoms with E-state index < -0.39 is 35.6 Å². The lowest BCUT2D eigenvalue weighted by molar-refractivity contribution is -0.170. The number of pyridine rings is 1. The topological polar surface area (TPSA) is 77.5 Å². The van der Waals surface area contributed by atoms with Crippen molar-refractivity contribution in [1.29, 1.82) is 0 Å². The van der Waals surface area contributed by atoms with Crippen LogP contribution in [0.15, 0.2) is 47.1 Å². The number of rotatable bonds is 5. The molecule has 0 saturated heterocycles. The van der Waals surface area contributed by atoms with Gasteiger partial charge in [-0.25, -0.2) is 0 Å². The summed E-state index contributed by atoms with van der Waals surface area (Å²) in [4.78, 5) is 31.3. The molecule has 0 aliphatic carbocycles. The van der Waals surface area contributed by atoms with Crippen molar-refractivity contribution in [3.63, 3.8) is 0 Å². The summed E-state index contributed by atoms with van der Waals surface area (Å²) in [5.74, 6) is -1.36. The average molecular weight is 447 g/mol. The van der Waals surface area contributed by atoms with E-state index >= 15 is 0 Å². The number of anilines is 1. The molecule has 0 fully saturated rings. The van der Waals surface area contributed by atoms with Gasteiger partial charge in [0.25, 0.3) is 0 Å². The van der Waals surface area contributed by atoms with Crippen LogP contribution >= 0.6 is 15.9 Å². The molecular formula is C21H23BrN2O4. The highest BCUT2D eigenvalue weighted by molar-refractivity contribution is 9.10. The van der Waals surface area contributed by atoms with Crippen molar-refractivity contribution in [2.24, 2.45) is 0 Å². The molecular weight excluding hydrogens is 424 g/mol. The summed E-state index contributed by atoms with van der Waals surface area (Å²) in [7, 11) is 0. The van der Waals surface area contributed by atoms with E-state index in [0.717, 1.165) is 10.0 Å². The first kappa shape index (κ1) is 20.3. The highest BCUT2D eigenvalue weighted by atomic mass is 79.9. The van der Waals surface area contributed by atoms with Crippen LogP contribution in [0.4, 0.5) is 5.69 Å². The van der Waals surface area contributed by atoms with Gasteiger partial charge in [0.05, 0.1) is 29.6 Å². The number of aromatic nitrogens is 1. The number of carbonyl (C=O) groups is 2. The third kappa shape index (κ3) is 3.39. The zero-order valence-electron chi connectivity index (χ0n) is 16.2. The standard InChI is InChI=1S/C21H23BrN2O4/c1-12(2)27-19(25)21(20(26)28-13(3)4)17(14-8-5-6-9-15(14)22)24-16-10-7-11-23-18(16)21/h5-13,17,24H,1-4H3/t17-/m1/s1. The van der Waals surface area contributed by atoms with Crippen LogP contribution in [0.2, 0.25) is 0 Å². The molecule has 1 aliphatic rings. The average Bonchev–Trinajstić information content (AvgIpc) is 2.97. The molecule has 3 rings (SSSR count). The number of nitrogens with zero attached hydrogens (tertiary/aromatic N) is 1. The van der Waals surface area contributed by atoms with Gasteiger partial charge in [-0.05, 0) is 51.5 Å². The number of carbonyl (C=O) groups excluding carboxylic acids is 2. The summed E-state index contributed by atoms with van der Waals surface area (Å²) < 4.78 is 11.9. The van der Waals surface area contributed by atoms with E-state index in [1.807, 2.05) is 24.3 Å². The van der Waals surface area contributed by atoms with Crippen LogP contribution in [0.1, 0.15) is 45.0 Å². The number of halogens is 1. The van der Waals surface area contributed by atoms with E-state index in [-0.39, 0.29) is 0 Å². The number of esters is 2. The number of hydrogen-bond donors (Lipinski definition) is 1.